The second kappa shape index (κ2) is 5.22. The van der Waals surface area contributed by atoms with Gasteiger partial charge in [-0.05, 0) is 35.7 Å². The molecule has 0 fully saturated rings. The lowest BCUT2D eigenvalue weighted by atomic mass is 10.2. The summed E-state index contributed by atoms with van der Waals surface area (Å²) in [4.78, 5) is 11.9. The van der Waals surface area contributed by atoms with Crippen molar-refractivity contribution in [2.45, 2.75) is 0 Å². The molecule has 5 nitrogen and oxygen atoms in total. The molecule has 1 N–H and O–H groups in total. The molecule has 0 radical (unpaired) electrons. The first-order chi connectivity index (χ1) is 9.72. The Morgan fingerprint density at radius 3 is 2.70 bits per heavy atom. The number of nitrogens with zero attached hydrogens (tertiary/aromatic N) is 2. The highest BCUT2D eigenvalue weighted by Crippen LogP contribution is 2.22. The van der Waals surface area contributed by atoms with Crippen LogP contribution in [0.5, 0.6) is 0 Å². The van der Waals surface area contributed by atoms with Crippen molar-refractivity contribution < 1.29 is 13.6 Å². The van der Waals surface area contributed by atoms with Gasteiger partial charge in [-0.1, -0.05) is 5.10 Å². The van der Waals surface area contributed by atoms with Crippen molar-refractivity contribution >= 4 is 23.3 Å². The van der Waals surface area contributed by atoms with Gasteiger partial charge in [0.25, 0.3) is 11.8 Å². The van der Waals surface area contributed by atoms with Gasteiger partial charge in [-0.25, -0.2) is 4.39 Å². The van der Waals surface area contributed by atoms with Crippen LogP contribution in [0.3, 0.4) is 0 Å². The third-order valence-corrected chi connectivity index (χ3v) is 3.20. The van der Waals surface area contributed by atoms with Crippen LogP contribution in [0.2, 0.25) is 0 Å². The average molecular weight is 289 g/mol. The van der Waals surface area contributed by atoms with Gasteiger partial charge >= 0.3 is 6.01 Å². The standard InChI is InChI=1S/C13H8FN3O2S/c14-10-3-1-8(2-4-10)11(18)15-13-17-16-12(19-13)9-5-6-20-7-9/h1-7H,(H,15,17,18). The van der Waals surface area contributed by atoms with Crippen LogP contribution in [0, 0.1) is 5.82 Å². The second-order valence-electron chi connectivity index (χ2n) is 3.89. The minimum atomic E-state index is -0.439. The van der Waals surface area contributed by atoms with Gasteiger partial charge in [-0.15, -0.1) is 5.10 Å². The van der Waals surface area contributed by atoms with E-state index in [-0.39, 0.29) is 6.01 Å². The molecule has 100 valence electrons. The average Bonchev–Trinajstić information content (AvgIpc) is 3.09. The summed E-state index contributed by atoms with van der Waals surface area (Å²) in [6, 6.07) is 7.00. The normalized spacial score (nSPS) is 10.4. The summed E-state index contributed by atoms with van der Waals surface area (Å²) >= 11 is 1.51. The number of aromatic nitrogens is 2. The number of carbonyl (C=O) groups excluding carboxylic acids is 1. The molecule has 0 atom stereocenters. The van der Waals surface area contributed by atoms with Crippen molar-refractivity contribution in [1.82, 2.24) is 10.2 Å². The first-order valence-electron chi connectivity index (χ1n) is 5.65. The van der Waals surface area contributed by atoms with Gasteiger partial charge in [0.2, 0.25) is 0 Å². The number of amides is 1. The minimum absolute atomic E-state index is 0.000486. The van der Waals surface area contributed by atoms with Gasteiger partial charge in [-0.2, -0.15) is 11.3 Å². The second-order valence-corrected chi connectivity index (χ2v) is 4.67. The Morgan fingerprint density at radius 1 is 1.20 bits per heavy atom. The zero-order valence-corrected chi connectivity index (χ0v) is 10.9. The Kier molecular flexibility index (Phi) is 3.26. The molecule has 0 saturated heterocycles. The summed E-state index contributed by atoms with van der Waals surface area (Å²) in [5.74, 6) is -0.509. The number of benzene rings is 1. The van der Waals surface area contributed by atoms with E-state index in [1.165, 1.54) is 35.6 Å². The number of thiophene rings is 1. The number of anilines is 1. The van der Waals surface area contributed by atoms with Gasteiger partial charge in [0, 0.05) is 16.5 Å². The largest absolute Gasteiger partial charge is 0.403 e. The van der Waals surface area contributed by atoms with Crippen LogP contribution in [0.15, 0.2) is 45.5 Å². The Morgan fingerprint density at radius 2 is 2.00 bits per heavy atom. The van der Waals surface area contributed by atoms with E-state index in [1.807, 2.05) is 16.8 Å². The van der Waals surface area contributed by atoms with E-state index < -0.39 is 11.7 Å². The van der Waals surface area contributed by atoms with Crippen LogP contribution in [-0.4, -0.2) is 16.1 Å². The lowest BCUT2D eigenvalue weighted by Crippen LogP contribution is -2.12. The lowest BCUT2D eigenvalue weighted by Gasteiger charge is -1.99. The van der Waals surface area contributed by atoms with Gasteiger partial charge in [0.1, 0.15) is 5.82 Å². The zero-order chi connectivity index (χ0) is 13.9. The topological polar surface area (TPSA) is 68.0 Å². The molecule has 20 heavy (non-hydrogen) atoms. The first-order valence-corrected chi connectivity index (χ1v) is 6.59. The van der Waals surface area contributed by atoms with Crippen LogP contribution in [0.25, 0.3) is 11.5 Å². The summed E-state index contributed by atoms with van der Waals surface area (Å²) in [5.41, 5.74) is 1.10. The third-order valence-electron chi connectivity index (χ3n) is 2.52. The van der Waals surface area contributed by atoms with Crippen molar-refractivity contribution in [2.75, 3.05) is 5.32 Å². The predicted octanol–water partition coefficient (Wildman–Crippen LogP) is 3.19. The van der Waals surface area contributed by atoms with Crippen LogP contribution in [0.1, 0.15) is 10.4 Å². The van der Waals surface area contributed by atoms with Gasteiger partial charge < -0.3 is 4.42 Å². The maximum absolute atomic E-state index is 12.8. The number of hydrogen-bond acceptors (Lipinski definition) is 5. The molecule has 0 aliphatic carbocycles. The smallest absolute Gasteiger partial charge is 0.322 e. The third kappa shape index (κ3) is 2.57. The van der Waals surface area contributed by atoms with E-state index in [1.54, 1.807) is 0 Å². The Balaban J connectivity index is 1.75. The first kappa shape index (κ1) is 12.5. The maximum Gasteiger partial charge on any atom is 0.322 e. The van der Waals surface area contributed by atoms with E-state index in [9.17, 15) is 9.18 Å². The summed E-state index contributed by atoms with van der Waals surface area (Å²) in [6.45, 7) is 0. The summed E-state index contributed by atoms with van der Waals surface area (Å²) in [7, 11) is 0. The molecule has 0 unspecified atom stereocenters. The fourth-order valence-corrected chi connectivity index (χ4v) is 2.18. The molecule has 7 heteroatoms. The Bertz CT molecular complexity index is 722. The van der Waals surface area contributed by atoms with Crippen molar-refractivity contribution in [3.8, 4) is 11.5 Å². The van der Waals surface area contributed by atoms with Crippen LogP contribution in [-0.2, 0) is 0 Å². The highest BCUT2D eigenvalue weighted by molar-refractivity contribution is 7.08. The molecule has 0 spiro atoms. The Hall–Kier alpha value is -2.54. The van der Waals surface area contributed by atoms with Crippen LogP contribution in [0.4, 0.5) is 10.4 Å². The van der Waals surface area contributed by atoms with E-state index in [2.05, 4.69) is 15.5 Å². The molecular weight excluding hydrogens is 281 g/mol. The number of hydrogen-bond donors (Lipinski definition) is 1. The SMILES string of the molecule is O=C(Nc1nnc(-c2ccsc2)o1)c1ccc(F)cc1. The number of rotatable bonds is 3. The van der Waals surface area contributed by atoms with Crippen LogP contribution >= 0.6 is 11.3 Å². The maximum atomic E-state index is 12.8. The molecule has 3 rings (SSSR count). The molecule has 1 aromatic carbocycles. The molecule has 0 aliphatic rings. The molecule has 0 saturated carbocycles. The van der Waals surface area contributed by atoms with E-state index >= 15 is 0 Å². The molecule has 0 bridgehead atoms. The number of carbonyl (C=O) groups is 1. The minimum Gasteiger partial charge on any atom is -0.403 e. The van der Waals surface area contributed by atoms with Gasteiger partial charge in [0.15, 0.2) is 0 Å². The highest BCUT2D eigenvalue weighted by Gasteiger charge is 2.12. The number of nitrogens with one attached hydrogen (secondary N) is 1. The van der Waals surface area contributed by atoms with E-state index in [0.29, 0.717) is 11.5 Å². The van der Waals surface area contributed by atoms with Gasteiger partial charge in [0.05, 0.1) is 0 Å². The molecular formula is C13H8FN3O2S. The molecule has 3 aromatic rings. The quantitative estimate of drug-likeness (QED) is 0.804. The van der Waals surface area contributed by atoms with Crippen molar-refractivity contribution in [3.05, 3.63) is 52.5 Å². The lowest BCUT2D eigenvalue weighted by molar-refractivity contribution is 0.102. The van der Waals surface area contributed by atoms with E-state index in [0.717, 1.165) is 5.56 Å². The predicted molar refractivity (Wildman–Crippen MR) is 72.0 cm³/mol. The fraction of sp³-hybridized carbons (Fsp3) is 0. The zero-order valence-electron chi connectivity index (χ0n) is 10.0. The van der Waals surface area contributed by atoms with Crippen molar-refractivity contribution in [3.63, 3.8) is 0 Å². The molecule has 2 heterocycles. The highest BCUT2D eigenvalue weighted by atomic mass is 32.1. The van der Waals surface area contributed by atoms with Crippen LogP contribution < -0.4 is 5.32 Å². The fourth-order valence-electron chi connectivity index (χ4n) is 1.55. The molecule has 2 aromatic heterocycles. The van der Waals surface area contributed by atoms with Crippen molar-refractivity contribution in [2.24, 2.45) is 0 Å². The summed E-state index contributed by atoms with van der Waals surface area (Å²) in [6.07, 6.45) is 0. The molecule has 1 amide bonds. The number of halogens is 1. The van der Waals surface area contributed by atoms with E-state index in [4.69, 9.17) is 4.42 Å². The summed E-state index contributed by atoms with van der Waals surface area (Å²) in [5, 5.41) is 13.8. The summed E-state index contributed by atoms with van der Waals surface area (Å²) < 4.78 is 18.1. The monoisotopic (exact) mass is 289 g/mol. The Labute approximate surface area is 117 Å². The van der Waals surface area contributed by atoms with Gasteiger partial charge in [-0.3, -0.25) is 10.1 Å². The molecule has 0 aliphatic heterocycles. The van der Waals surface area contributed by atoms with Crippen molar-refractivity contribution in [1.29, 1.82) is 0 Å².